The molecule has 0 aliphatic carbocycles. The largest absolute Gasteiger partial charge is 0.481 e. The summed E-state index contributed by atoms with van der Waals surface area (Å²) in [5.41, 5.74) is 0.871. The van der Waals surface area contributed by atoms with E-state index in [4.69, 9.17) is 9.63 Å². The second kappa shape index (κ2) is 4.25. The fourth-order valence-electron chi connectivity index (χ4n) is 2.24. The molecule has 0 radical (unpaired) electrons. The molecule has 1 fully saturated rings. The molecule has 0 bridgehead atoms. The van der Waals surface area contributed by atoms with Gasteiger partial charge in [0.2, 0.25) is 0 Å². The molecule has 1 aromatic heterocycles. The number of carbonyl (C=O) groups is 1. The average molecular weight is 224 g/mol. The van der Waals surface area contributed by atoms with Crippen molar-refractivity contribution in [2.45, 2.75) is 20.4 Å². The summed E-state index contributed by atoms with van der Waals surface area (Å²) in [4.78, 5) is 13.1. The third-order valence-corrected chi connectivity index (χ3v) is 3.07. The summed E-state index contributed by atoms with van der Waals surface area (Å²) >= 11 is 0. The second-order valence-corrected chi connectivity index (χ2v) is 4.54. The lowest BCUT2D eigenvalue weighted by molar-refractivity contribution is -0.142. The maximum Gasteiger partial charge on any atom is 0.308 e. The van der Waals surface area contributed by atoms with Gasteiger partial charge >= 0.3 is 5.97 Å². The van der Waals surface area contributed by atoms with Crippen LogP contribution in [0.5, 0.6) is 0 Å². The molecule has 1 aromatic rings. The Morgan fingerprint density at radius 1 is 1.69 bits per heavy atom. The van der Waals surface area contributed by atoms with Crippen molar-refractivity contribution in [1.82, 2.24) is 10.1 Å². The number of rotatable bonds is 3. The van der Waals surface area contributed by atoms with Crippen LogP contribution in [-0.4, -0.2) is 34.2 Å². The molecular weight excluding hydrogens is 208 g/mol. The fourth-order valence-corrected chi connectivity index (χ4v) is 2.24. The van der Waals surface area contributed by atoms with Crippen molar-refractivity contribution in [3.05, 3.63) is 17.5 Å². The van der Waals surface area contributed by atoms with Crippen LogP contribution in [0.15, 0.2) is 10.6 Å². The zero-order valence-corrected chi connectivity index (χ0v) is 9.51. The lowest BCUT2D eigenvalue weighted by atomic mass is 9.99. The summed E-state index contributed by atoms with van der Waals surface area (Å²) in [6.07, 6.45) is 0. The molecule has 5 nitrogen and oxygen atoms in total. The standard InChI is InChI=1S/C11H16N2O3/c1-7-4-13(6-10(7)11(14)15)5-9-3-8(2)16-12-9/h3,7,10H,4-6H2,1-2H3,(H,14,15)/t7-,10-/m1/s1. The number of aromatic nitrogens is 1. The van der Waals surface area contributed by atoms with E-state index >= 15 is 0 Å². The van der Waals surface area contributed by atoms with Gasteiger partial charge in [-0.05, 0) is 12.8 Å². The van der Waals surface area contributed by atoms with E-state index in [2.05, 4.69) is 10.1 Å². The highest BCUT2D eigenvalue weighted by Gasteiger charge is 2.34. The molecular formula is C11H16N2O3. The van der Waals surface area contributed by atoms with Crippen molar-refractivity contribution in [3.8, 4) is 0 Å². The van der Waals surface area contributed by atoms with Crippen LogP contribution in [0.25, 0.3) is 0 Å². The van der Waals surface area contributed by atoms with Crippen molar-refractivity contribution in [1.29, 1.82) is 0 Å². The number of hydrogen-bond donors (Lipinski definition) is 1. The van der Waals surface area contributed by atoms with Crippen LogP contribution in [0.4, 0.5) is 0 Å². The Hall–Kier alpha value is -1.36. The Balaban J connectivity index is 1.96. The highest BCUT2D eigenvalue weighted by atomic mass is 16.5. The molecule has 2 heterocycles. The topological polar surface area (TPSA) is 66.6 Å². The van der Waals surface area contributed by atoms with Gasteiger partial charge in [-0.1, -0.05) is 12.1 Å². The molecule has 88 valence electrons. The van der Waals surface area contributed by atoms with Gasteiger partial charge in [0.25, 0.3) is 0 Å². The minimum Gasteiger partial charge on any atom is -0.481 e. The van der Waals surface area contributed by atoms with Crippen LogP contribution in [0.2, 0.25) is 0 Å². The first-order valence-corrected chi connectivity index (χ1v) is 5.43. The monoisotopic (exact) mass is 224 g/mol. The van der Waals surface area contributed by atoms with Crippen LogP contribution in [0, 0.1) is 18.8 Å². The predicted molar refractivity (Wildman–Crippen MR) is 56.8 cm³/mol. The number of carboxylic acids is 1. The number of hydrogen-bond acceptors (Lipinski definition) is 4. The van der Waals surface area contributed by atoms with E-state index in [0.29, 0.717) is 13.1 Å². The van der Waals surface area contributed by atoms with Crippen molar-refractivity contribution in [2.24, 2.45) is 11.8 Å². The predicted octanol–water partition coefficient (Wildman–Crippen LogP) is 1.14. The number of nitrogens with zero attached hydrogens (tertiary/aromatic N) is 2. The summed E-state index contributed by atoms with van der Waals surface area (Å²) in [5, 5.41) is 12.9. The van der Waals surface area contributed by atoms with E-state index in [1.165, 1.54) is 0 Å². The Labute approximate surface area is 94.0 Å². The van der Waals surface area contributed by atoms with Crippen molar-refractivity contribution < 1.29 is 14.4 Å². The molecule has 1 aliphatic rings. The van der Waals surface area contributed by atoms with E-state index in [-0.39, 0.29) is 11.8 Å². The van der Waals surface area contributed by atoms with Gasteiger partial charge in [-0.3, -0.25) is 9.69 Å². The molecule has 1 N–H and O–H groups in total. The Bertz CT molecular complexity index is 388. The lowest BCUT2D eigenvalue weighted by Crippen LogP contribution is -2.23. The molecule has 0 amide bonds. The van der Waals surface area contributed by atoms with Gasteiger partial charge in [0.1, 0.15) is 5.76 Å². The van der Waals surface area contributed by atoms with Crippen molar-refractivity contribution in [3.63, 3.8) is 0 Å². The first-order valence-electron chi connectivity index (χ1n) is 5.43. The van der Waals surface area contributed by atoms with Crippen LogP contribution < -0.4 is 0 Å². The van der Waals surface area contributed by atoms with Gasteiger partial charge in [0.05, 0.1) is 11.6 Å². The molecule has 2 atom stereocenters. The van der Waals surface area contributed by atoms with Gasteiger partial charge in [-0.15, -0.1) is 0 Å². The van der Waals surface area contributed by atoms with Crippen LogP contribution in [0.1, 0.15) is 18.4 Å². The molecule has 5 heteroatoms. The van der Waals surface area contributed by atoms with E-state index in [1.807, 2.05) is 19.9 Å². The van der Waals surface area contributed by atoms with Crippen LogP contribution in [0.3, 0.4) is 0 Å². The van der Waals surface area contributed by atoms with Gasteiger partial charge in [-0.25, -0.2) is 0 Å². The zero-order chi connectivity index (χ0) is 11.7. The normalized spacial score (nSPS) is 26.1. The molecule has 1 saturated heterocycles. The maximum atomic E-state index is 11.0. The lowest BCUT2D eigenvalue weighted by Gasteiger charge is -2.12. The Morgan fingerprint density at radius 2 is 2.44 bits per heavy atom. The van der Waals surface area contributed by atoms with Crippen LogP contribution >= 0.6 is 0 Å². The summed E-state index contributed by atoms with van der Waals surface area (Å²) in [6, 6.07) is 1.89. The van der Waals surface area contributed by atoms with Gasteiger partial charge < -0.3 is 9.63 Å². The molecule has 0 saturated carbocycles. The second-order valence-electron chi connectivity index (χ2n) is 4.54. The third-order valence-electron chi connectivity index (χ3n) is 3.07. The van der Waals surface area contributed by atoms with E-state index in [1.54, 1.807) is 0 Å². The van der Waals surface area contributed by atoms with E-state index < -0.39 is 5.97 Å². The van der Waals surface area contributed by atoms with Gasteiger partial charge in [-0.2, -0.15) is 0 Å². The van der Waals surface area contributed by atoms with Gasteiger partial charge in [0, 0.05) is 25.7 Å². The Kier molecular flexibility index (Phi) is 2.96. The highest BCUT2D eigenvalue weighted by Crippen LogP contribution is 2.24. The first kappa shape index (κ1) is 11.1. The van der Waals surface area contributed by atoms with Crippen molar-refractivity contribution in [2.75, 3.05) is 13.1 Å². The number of aliphatic carboxylic acids is 1. The molecule has 0 spiro atoms. The summed E-state index contributed by atoms with van der Waals surface area (Å²) in [7, 11) is 0. The third kappa shape index (κ3) is 2.24. The molecule has 1 aliphatic heterocycles. The number of carboxylic acid groups (broad SMARTS) is 1. The fraction of sp³-hybridized carbons (Fsp3) is 0.636. The highest BCUT2D eigenvalue weighted by molar-refractivity contribution is 5.71. The number of aryl methyl sites for hydroxylation is 1. The summed E-state index contributed by atoms with van der Waals surface area (Å²) in [5.74, 6) is 0.0295. The van der Waals surface area contributed by atoms with E-state index in [9.17, 15) is 4.79 Å². The molecule has 0 unspecified atom stereocenters. The SMILES string of the molecule is Cc1cc(CN2C[C@@H](C)[C@H](C(=O)O)C2)no1. The molecule has 0 aromatic carbocycles. The minimum atomic E-state index is -0.702. The summed E-state index contributed by atoms with van der Waals surface area (Å²) in [6.45, 7) is 5.91. The Morgan fingerprint density at radius 3 is 2.94 bits per heavy atom. The maximum absolute atomic E-state index is 11.0. The first-order chi connectivity index (χ1) is 7.56. The number of likely N-dealkylation sites (tertiary alicyclic amines) is 1. The van der Waals surface area contributed by atoms with E-state index in [0.717, 1.165) is 18.0 Å². The zero-order valence-electron chi connectivity index (χ0n) is 9.51. The van der Waals surface area contributed by atoms with Crippen LogP contribution in [-0.2, 0) is 11.3 Å². The smallest absolute Gasteiger partial charge is 0.308 e. The molecule has 16 heavy (non-hydrogen) atoms. The van der Waals surface area contributed by atoms with Crippen molar-refractivity contribution >= 4 is 5.97 Å². The van der Waals surface area contributed by atoms with Gasteiger partial charge in [0.15, 0.2) is 0 Å². The quantitative estimate of drug-likeness (QED) is 0.833. The molecule has 2 rings (SSSR count). The summed E-state index contributed by atoms with van der Waals surface area (Å²) < 4.78 is 4.98. The minimum absolute atomic E-state index is 0.200. The average Bonchev–Trinajstić information content (AvgIpc) is 2.73.